The van der Waals surface area contributed by atoms with E-state index in [4.69, 9.17) is 4.84 Å². The molecular formula is C21H33NO3S. The van der Waals surface area contributed by atoms with Crippen molar-refractivity contribution in [3.8, 4) is 0 Å². The van der Waals surface area contributed by atoms with Crippen LogP contribution in [0.15, 0.2) is 35.2 Å². The van der Waals surface area contributed by atoms with E-state index in [1.807, 2.05) is 6.07 Å². The van der Waals surface area contributed by atoms with Gasteiger partial charge in [0.05, 0.1) is 16.8 Å². The van der Waals surface area contributed by atoms with Crippen molar-refractivity contribution in [2.75, 3.05) is 6.61 Å². The fraction of sp³-hybridized carbons (Fsp3) is 0.714. The summed E-state index contributed by atoms with van der Waals surface area (Å²) in [5.74, 6) is 0.0636. The van der Waals surface area contributed by atoms with Crippen LogP contribution >= 0.6 is 0 Å². The van der Waals surface area contributed by atoms with Gasteiger partial charge in [-0.05, 0) is 71.9 Å². The van der Waals surface area contributed by atoms with Gasteiger partial charge in [-0.25, -0.2) is 8.42 Å². The SMILES string of the molecule is CC1(C)CCCC(C)(C)N1OCC1CCCC1S(=O)(=O)c1ccccc1. The highest BCUT2D eigenvalue weighted by Gasteiger charge is 2.44. The van der Waals surface area contributed by atoms with Crippen LogP contribution in [0.2, 0.25) is 0 Å². The maximum Gasteiger partial charge on any atom is 0.181 e. The molecule has 1 saturated carbocycles. The Morgan fingerprint density at radius 3 is 2.23 bits per heavy atom. The van der Waals surface area contributed by atoms with Crippen LogP contribution in [0.3, 0.4) is 0 Å². The first-order valence-corrected chi connectivity index (χ1v) is 11.4. The van der Waals surface area contributed by atoms with Gasteiger partial charge in [-0.3, -0.25) is 4.84 Å². The fourth-order valence-corrected chi connectivity index (χ4v) is 6.97. The van der Waals surface area contributed by atoms with Crippen molar-refractivity contribution in [1.29, 1.82) is 0 Å². The summed E-state index contributed by atoms with van der Waals surface area (Å²) in [6.45, 7) is 9.38. The first kappa shape index (κ1) is 19.8. The van der Waals surface area contributed by atoms with Gasteiger partial charge in [0.1, 0.15) is 0 Å². The Morgan fingerprint density at radius 2 is 1.62 bits per heavy atom. The minimum Gasteiger partial charge on any atom is -0.298 e. The van der Waals surface area contributed by atoms with Crippen LogP contribution in [0.1, 0.15) is 66.2 Å². The molecule has 2 aliphatic rings. The molecule has 1 aromatic carbocycles. The molecule has 0 N–H and O–H groups in total. The van der Waals surface area contributed by atoms with Gasteiger partial charge < -0.3 is 0 Å². The average Bonchev–Trinajstić information content (AvgIpc) is 3.03. The first-order chi connectivity index (χ1) is 12.1. The summed E-state index contributed by atoms with van der Waals surface area (Å²) in [4.78, 5) is 6.77. The van der Waals surface area contributed by atoms with E-state index in [9.17, 15) is 8.42 Å². The molecule has 0 spiro atoms. The Morgan fingerprint density at radius 1 is 1.00 bits per heavy atom. The van der Waals surface area contributed by atoms with Gasteiger partial charge in [0.15, 0.2) is 9.84 Å². The zero-order valence-corrected chi connectivity index (χ0v) is 17.4. The molecular weight excluding hydrogens is 346 g/mol. The Hall–Kier alpha value is -0.910. The predicted octanol–water partition coefficient (Wildman–Crippen LogP) is 4.60. The number of piperidine rings is 1. The number of hydrogen-bond donors (Lipinski definition) is 0. The van der Waals surface area contributed by atoms with Crippen molar-refractivity contribution in [1.82, 2.24) is 5.06 Å². The molecule has 0 aromatic heterocycles. The molecule has 4 nitrogen and oxygen atoms in total. The van der Waals surface area contributed by atoms with Crippen molar-refractivity contribution in [3.05, 3.63) is 30.3 Å². The van der Waals surface area contributed by atoms with E-state index in [-0.39, 0.29) is 22.2 Å². The molecule has 1 aromatic rings. The second-order valence-corrected chi connectivity index (χ2v) is 11.3. The van der Waals surface area contributed by atoms with Crippen LogP contribution in [0.25, 0.3) is 0 Å². The van der Waals surface area contributed by atoms with Crippen molar-refractivity contribution >= 4 is 9.84 Å². The lowest BCUT2D eigenvalue weighted by Gasteiger charge is -2.51. The van der Waals surface area contributed by atoms with Crippen molar-refractivity contribution in [2.24, 2.45) is 5.92 Å². The lowest BCUT2D eigenvalue weighted by molar-refractivity contribution is -0.285. The van der Waals surface area contributed by atoms with Crippen molar-refractivity contribution in [2.45, 2.75) is 87.4 Å². The summed E-state index contributed by atoms with van der Waals surface area (Å²) in [5.41, 5.74) is -0.0394. The van der Waals surface area contributed by atoms with Crippen LogP contribution in [0.4, 0.5) is 0 Å². The quantitative estimate of drug-likeness (QED) is 0.750. The molecule has 3 rings (SSSR count). The van der Waals surface area contributed by atoms with Crippen LogP contribution in [-0.2, 0) is 14.7 Å². The number of rotatable bonds is 5. The number of benzene rings is 1. The molecule has 0 radical (unpaired) electrons. The first-order valence-electron chi connectivity index (χ1n) is 9.87. The standard InChI is InChI=1S/C21H33NO3S/c1-20(2)14-9-15-21(3,4)22(20)25-16-17-10-8-13-19(17)26(23,24)18-11-6-5-7-12-18/h5-7,11-12,17,19H,8-10,13-16H2,1-4H3. The summed E-state index contributed by atoms with van der Waals surface area (Å²) in [7, 11) is -3.30. The Bertz CT molecular complexity index is 696. The topological polar surface area (TPSA) is 46.6 Å². The Labute approximate surface area is 158 Å². The molecule has 146 valence electrons. The van der Waals surface area contributed by atoms with Gasteiger partial charge >= 0.3 is 0 Å². The van der Waals surface area contributed by atoms with Crippen LogP contribution < -0.4 is 0 Å². The summed E-state index contributed by atoms with van der Waals surface area (Å²) >= 11 is 0. The molecule has 1 aliphatic carbocycles. The average molecular weight is 380 g/mol. The third kappa shape index (κ3) is 3.85. The molecule has 0 amide bonds. The molecule has 1 heterocycles. The summed E-state index contributed by atoms with van der Waals surface area (Å²) < 4.78 is 26.2. The molecule has 2 atom stereocenters. The van der Waals surface area contributed by atoms with E-state index in [1.165, 1.54) is 6.42 Å². The highest BCUT2D eigenvalue weighted by molar-refractivity contribution is 7.92. The predicted molar refractivity (Wildman–Crippen MR) is 105 cm³/mol. The maximum absolute atomic E-state index is 13.1. The third-order valence-electron chi connectivity index (χ3n) is 6.15. The monoisotopic (exact) mass is 379 g/mol. The van der Waals surface area contributed by atoms with E-state index < -0.39 is 9.84 Å². The van der Waals surface area contributed by atoms with E-state index in [0.29, 0.717) is 11.5 Å². The highest BCUT2D eigenvalue weighted by Crippen LogP contribution is 2.40. The van der Waals surface area contributed by atoms with E-state index in [0.717, 1.165) is 32.1 Å². The number of nitrogens with zero attached hydrogens (tertiary/aromatic N) is 1. The summed E-state index contributed by atoms with van der Waals surface area (Å²) in [5, 5.41) is 1.81. The third-order valence-corrected chi connectivity index (χ3v) is 8.50. The lowest BCUT2D eigenvalue weighted by Crippen LogP contribution is -2.58. The van der Waals surface area contributed by atoms with Crippen LogP contribution in [0.5, 0.6) is 0 Å². The van der Waals surface area contributed by atoms with Gasteiger partial charge in [0.2, 0.25) is 0 Å². The molecule has 1 saturated heterocycles. The minimum absolute atomic E-state index is 0.0197. The summed E-state index contributed by atoms with van der Waals surface area (Å²) in [6.07, 6.45) is 6.02. The van der Waals surface area contributed by atoms with Gasteiger partial charge in [0.25, 0.3) is 0 Å². The molecule has 26 heavy (non-hydrogen) atoms. The smallest absolute Gasteiger partial charge is 0.181 e. The Balaban J connectivity index is 1.73. The minimum atomic E-state index is -3.30. The van der Waals surface area contributed by atoms with Gasteiger partial charge in [-0.15, -0.1) is 0 Å². The number of hydroxylamine groups is 2. The summed E-state index contributed by atoms with van der Waals surface area (Å²) in [6, 6.07) is 8.87. The molecule has 2 unspecified atom stereocenters. The second-order valence-electron chi connectivity index (χ2n) is 9.16. The van der Waals surface area contributed by atoms with Crippen molar-refractivity contribution in [3.63, 3.8) is 0 Å². The fourth-order valence-electron chi connectivity index (χ4n) is 4.88. The van der Waals surface area contributed by atoms with E-state index in [2.05, 4.69) is 32.8 Å². The van der Waals surface area contributed by atoms with E-state index in [1.54, 1.807) is 24.3 Å². The number of hydrogen-bond acceptors (Lipinski definition) is 4. The van der Waals surface area contributed by atoms with Crippen molar-refractivity contribution < 1.29 is 13.3 Å². The van der Waals surface area contributed by atoms with E-state index >= 15 is 0 Å². The Kier molecular flexibility index (Phi) is 5.53. The van der Waals surface area contributed by atoms with Gasteiger partial charge in [0, 0.05) is 17.0 Å². The molecule has 0 bridgehead atoms. The van der Waals surface area contributed by atoms with Crippen LogP contribution in [0, 0.1) is 5.92 Å². The van der Waals surface area contributed by atoms with Gasteiger partial charge in [-0.1, -0.05) is 24.6 Å². The maximum atomic E-state index is 13.1. The van der Waals surface area contributed by atoms with Crippen LogP contribution in [-0.4, -0.2) is 36.4 Å². The normalized spacial score (nSPS) is 28.9. The molecule has 2 fully saturated rings. The largest absolute Gasteiger partial charge is 0.298 e. The molecule has 1 aliphatic heterocycles. The zero-order valence-electron chi connectivity index (χ0n) is 16.6. The van der Waals surface area contributed by atoms with Gasteiger partial charge in [-0.2, -0.15) is 5.06 Å². The number of sulfone groups is 1. The lowest BCUT2D eigenvalue weighted by atomic mass is 9.82. The molecule has 5 heteroatoms. The highest BCUT2D eigenvalue weighted by atomic mass is 32.2. The zero-order chi connectivity index (χ0) is 19.0. The second kappa shape index (κ2) is 7.25.